The number of halogens is 1. The van der Waals surface area contributed by atoms with Gasteiger partial charge in [-0.05, 0) is 46.3 Å². The van der Waals surface area contributed by atoms with E-state index in [0.29, 0.717) is 4.91 Å². The molecule has 0 saturated carbocycles. The van der Waals surface area contributed by atoms with Gasteiger partial charge in [-0.2, -0.15) is 0 Å². The Kier molecular flexibility index (Phi) is 4.05. The molecule has 3 N–H and O–H groups in total. The van der Waals surface area contributed by atoms with Crippen molar-refractivity contribution in [2.24, 2.45) is 5.73 Å². The second-order valence-electron chi connectivity index (χ2n) is 5.02. The van der Waals surface area contributed by atoms with Gasteiger partial charge in [-0.25, -0.2) is 0 Å². The summed E-state index contributed by atoms with van der Waals surface area (Å²) in [7, 11) is 0. The predicted molar refractivity (Wildman–Crippen MR) is 88.1 cm³/mol. The molecule has 21 heavy (non-hydrogen) atoms. The molecule has 1 aromatic carbocycles. The fourth-order valence-corrected chi connectivity index (χ4v) is 3.84. The van der Waals surface area contributed by atoms with Gasteiger partial charge >= 0.3 is 0 Å². The van der Waals surface area contributed by atoms with Crippen molar-refractivity contribution in [1.29, 1.82) is 0 Å². The van der Waals surface area contributed by atoms with E-state index in [0.717, 1.165) is 47.0 Å². The maximum absolute atomic E-state index is 11.7. The summed E-state index contributed by atoms with van der Waals surface area (Å²) in [6, 6.07) is 5.99. The fourth-order valence-electron chi connectivity index (χ4n) is 2.53. The number of carbonyl (C=O) groups excluding carboxylic acids is 2. The van der Waals surface area contributed by atoms with Gasteiger partial charge in [0, 0.05) is 29.2 Å². The molecule has 0 aromatic heterocycles. The Hall–Kier alpha value is -1.31. The highest BCUT2D eigenvalue weighted by Crippen LogP contribution is 2.35. The summed E-state index contributed by atoms with van der Waals surface area (Å²) in [4.78, 5) is 25.6. The quantitative estimate of drug-likeness (QED) is 0.784. The summed E-state index contributed by atoms with van der Waals surface area (Å²) in [5, 5.41) is 1.94. The van der Waals surface area contributed by atoms with E-state index in [2.05, 4.69) is 26.1 Å². The van der Waals surface area contributed by atoms with Crippen LogP contribution in [0.5, 0.6) is 0 Å². The van der Waals surface area contributed by atoms with Crippen LogP contribution in [0.15, 0.2) is 27.6 Å². The zero-order chi connectivity index (χ0) is 15.0. The van der Waals surface area contributed by atoms with Crippen molar-refractivity contribution in [2.75, 3.05) is 18.0 Å². The van der Waals surface area contributed by atoms with Crippen LogP contribution in [0.4, 0.5) is 10.5 Å². The second kappa shape index (κ2) is 5.82. The molecule has 3 rings (SSSR count). The average Bonchev–Trinajstić information content (AvgIpc) is 2.96. The third-order valence-corrected chi connectivity index (χ3v) is 4.94. The van der Waals surface area contributed by atoms with Crippen molar-refractivity contribution in [1.82, 2.24) is 5.32 Å². The average molecular weight is 368 g/mol. The first-order chi connectivity index (χ1) is 10.0. The SMILES string of the molecule is N[C@H]1CCN(c2c(Br)cccc2C=C2SC(=O)NC2=O)C1. The van der Waals surface area contributed by atoms with Gasteiger partial charge in [0.15, 0.2) is 0 Å². The van der Waals surface area contributed by atoms with E-state index in [1.807, 2.05) is 18.2 Å². The monoisotopic (exact) mass is 367 g/mol. The Labute approximate surface area is 135 Å². The lowest BCUT2D eigenvalue weighted by atomic mass is 10.1. The number of nitrogens with two attached hydrogens (primary N) is 1. The van der Waals surface area contributed by atoms with Gasteiger partial charge in [0.05, 0.1) is 10.6 Å². The minimum absolute atomic E-state index is 0.170. The summed E-state index contributed by atoms with van der Waals surface area (Å²) < 4.78 is 0.959. The third kappa shape index (κ3) is 3.00. The van der Waals surface area contributed by atoms with E-state index in [9.17, 15) is 9.59 Å². The normalized spacial score (nSPS) is 24.0. The largest absolute Gasteiger partial charge is 0.369 e. The van der Waals surface area contributed by atoms with Crippen LogP contribution in [0.1, 0.15) is 12.0 Å². The van der Waals surface area contributed by atoms with Gasteiger partial charge in [-0.15, -0.1) is 0 Å². The van der Waals surface area contributed by atoms with E-state index in [1.165, 1.54) is 0 Å². The lowest BCUT2D eigenvalue weighted by Gasteiger charge is -2.22. The van der Waals surface area contributed by atoms with Crippen LogP contribution < -0.4 is 16.0 Å². The molecular weight excluding hydrogens is 354 g/mol. The number of anilines is 1. The summed E-state index contributed by atoms with van der Waals surface area (Å²) in [6.45, 7) is 1.68. The minimum atomic E-state index is -0.339. The topological polar surface area (TPSA) is 75.4 Å². The zero-order valence-corrected chi connectivity index (χ0v) is 13.5. The molecule has 0 bridgehead atoms. The number of nitrogens with zero attached hydrogens (tertiary/aromatic N) is 1. The Balaban J connectivity index is 1.99. The lowest BCUT2D eigenvalue weighted by Crippen LogP contribution is -2.27. The number of rotatable bonds is 2. The molecular formula is C14H14BrN3O2S. The fraction of sp³-hybridized carbons (Fsp3) is 0.286. The van der Waals surface area contributed by atoms with Crippen LogP contribution in [0.2, 0.25) is 0 Å². The number of benzene rings is 1. The van der Waals surface area contributed by atoms with Gasteiger partial charge in [0.1, 0.15) is 0 Å². The number of carbonyl (C=O) groups is 2. The van der Waals surface area contributed by atoms with Gasteiger partial charge < -0.3 is 10.6 Å². The van der Waals surface area contributed by atoms with E-state index < -0.39 is 0 Å². The molecule has 0 unspecified atom stereocenters. The molecule has 2 amide bonds. The Morgan fingerprint density at radius 3 is 2.86 bits per heavy atom. The number of hydrogen-bond donors (Lipinski definition) is 2. The maximum Gasteiger partial charge on any atom is 0.290 e. The molecule has 2 heterocycles. The van der Waals surface area contributed by atoms with Crippen molar-refractivity contribution in [3.63, 3.8) is 0 Å². The number of thioether (sulfide) groups is 1. The van der Waals surface area contributed by atoms with E-state index in [1.54, 1.807) is 6.08 Å². The first-order valence-electron chi connectivity index (χ1n) is 6.58. The first kappa shape index (κ1) is 14.6. The molecule has 0 aliphatic carbocycles. The van der Waals surface area contributed by atoms with Crippen LogP contribution in [0.25, 0.3) is 6.08 Å². The number of amides is 2. The molecule has 0 spiro atoms. The Bertz CT molecular complexity index is 647. The Morgan fingerprint density at radius 1 is 1.43 bits per heavy atom. The molecule has 5 nitrogen and oxygen atoms in total. The van der Waals surface area contributed by atoms with E-state index in [-0.39, 0.29) is 17.2 Å². The molecule has 1 atom stereocenters. The minimum Gasteiger partial charge on any atom is -0.369 e. The van der Waals surface area contributed by atoms with Crippen molar-refractivity contribution < 1.29 is 9.59 Å². The van der Waals surface area contributed by atoms with Crippen LogP contribution in [-0.4, -0.2) is 30.3 Å². The first-order valence-corrected chi connectivity index (χ1v) is 8.19. The number of nitrogens with one attached hydrogen (secondary N) is 1. The number of hydrogen-bond acceptors (Lipinski definition) is 5. The molecule has 0 radical (unpaired) electrons. The molecule has 7 heteroatoms. The summed E-state index contributed by atoms with van der Waals surface area (Å²) in [5.74, 6) is -0.339. The van der Waals surface area contributed by atoms with Crippen molar-refractivity contribution in [3.8, 4) is 0 Å². The Morgan fingerprint density at radius 2 is 2.24 bits per heavy atom. The summed E-state index contributed by atoms with van der Waals surface area (Å²) >= 11 is 4.50. The molecule has 2 aliphatic rings. The molecule has 2 saturated heterocycles. The van der Waals surface area contributed by atoms with Crippen LogP contribution in [-0.2, 0) is 4.79 Å². The van der Waals surface area contributed by atoms with Gasteiger partial charge in [-0.3, -0.25) is 14.9 Å². The van der Waals surface area contributed by atoms with Gasteiger partial charge in [0.25, 0.3) is 11.1 Å². The molecule has 2 fully saturated rings. The lowest BCUT2D eigenvalue weighted by molar-refractivity contribution is -0.115. The van der Waals surface area contributed by atoms with E-state index >= 15 is 0 Å². The second-order valence-corrected chi connectivity index (χ2v) is 6.89. The molecule has 1 aromatic rings. The van der Waals surface area contributed by atoms with Crippen molar-refractivity contribution in [2.45, 2.75) is 12.5 Å². The highest BCUT2D eigenvalue weighted by molar-refractivity contribution is 9.10. The summed E-state index contributed by atoms with van der Waals surface area (Å²) in [5.41, 5.74) is 7.91. The van der Waals surface area contributed by atoms with Crippen molar-refractivity contribution >= 4 is 50.6 Å². The zero-order valence-electron chi connectivity index (χ0n) is 11.1. The highest BCUT2D eigenvalue weighted by Gasteiger charge is 2.27. The highest BCUT2D eigenvalue weighted by atomic mass is 79.9. The molecule has 110 valence electrons. The van der Waals surface area contributed by atoms with Crippen LogP contribution in [0, 0.1) is 0 Å². The van der Waals surface area contributed by atoms with E-state index in [4.69, 9.17) is 5.73 Å². The smallest absolute Gasteiger partial charge is 0.290 e. The third-order valence-electron chi connectivity index (χ3n) is 3.49. The standard InChI is InChI=1S/C14H14BrN3O2S/c15-10-3-1-2-8(6-11-13(19)17-14(20)21-11)12(10)18-5-4-9(16)7-18/h1-3,6,9H,4-5,7,16H2,(H,17,19,20)/t9-/m0/s1. The van der Waals surface area contributed by atoms with Crippen molar-refractivity contribution in [3.05, 3.63) is 33.1 Å². The van der Waals surface area contributed by atoms with Gasteiger partial charge in [-0.1, -0.05) is 12.1 Å². The number of imide groups is 1. The maximum atomic E-state index is 11.7. The van der Waals surface area contributed by atoms with Crippen LogP contribution >= 0.6 is 27.7 Å². The predicted octanol–water partition coefficient (Wildman–Crippen LogP) is 2.31. The number of para-hydroxylation sites is 1. The van der Waals surface area contributed by atoms with Gasteiger partial charge in [0.2, 0.25) is 0 Å². The summed E-state index contributed by atoms with van der Waals surface area (Å²) in [6.07, 6.45) is 2.71. The van der Waals surface area contributed by atoms with Crippen LogP contribution in [0.3, 0.4) is 0 Å². The molecule has 2 aliphatic heterocycles.